The fourth-order valence-corrected chi connectivity index (χ4v) is 4.17. The molecule has 2 amide bonds. The summed E-state index contributed by atoms with van der Waals surface area (Å²) in [6, 6.07) is 1.52. The summed E-state index contributed by atoms with van der Waals surface area (Å²) < 4.78 is 36.4. The molecule has 2 atom stereocenters. The van der Waals surface area contributed by atoms with E-state index < -0.39 is 10.0 Å². The number of ether oxygens (including phenoxy) is 1. The number of morpholine rings is 1. The van der Waals surface area contributed by atoms with Gasteiger partial charge in [-0.3, -0.25) is 9.59 Å². The van der Waals surface area contributed by atoms with Gasteiger partial charge in [0.25, 0.3) is 5.91 Å². The molecule has 0 spiro atoms. The van der Waals surface area contributed by atoms with Gasteiger partial charge in [0, 0.05) is 32.6 Å². The minimum absolute atomic E-state index is 0.0248. The van der Waals surface area contributed by atoms with Crippen LogP contribution in [-0.2, 0) is 19.6 Å². The lowest BCUT2D eigenvalue weighted by molar-refractivity contribution is -0.120. The zero-order chi connectivity index (χ0) is 19.2. The summed E-state index contributed by atoms with van der Waals surface area (Å²) in [6.07, 6.45) is 2.46. The molecular formula is C16H25N3O6S. The summed E-state index contributed by atoms with van der Waals surface area (Å²) in [6.45, 7) is 4.48. The Morgan fingerprint density at radius 1 is 1.19 bits per heavy atom. The summed E-state index contributed by atoms with van der Waals surface area (Å²) in [5.41, 5.74) is 0.380. The van der Waals surface area contributed by atoms with Gasteiger partial charge >= 0.3 is 0 Å². The summed E-state index contributed by atoms with van der Waals surface area (Å²) in [5.74, 6) is -0.819. The molecule has 1 fully saturated rings. The van der Waals surface area contributed by atoms with Crippen molar-refractivity contribution in [3.63, 3.8) is 0 Å². The lowest BCUT2D eigenvalue weighted by Crippen LogP contribution is -2.49. The van der Waals surface area contributed by atoms with Crippen LogP contribution in [0.3, 0.4) is 0 Å². The quantitative estimate of drug-likeness (QED) is 0.646. The number of nitrogens with zero attached hydrogens (tertiary/aromatic N) is 1. The van der Waals surface area contributed by atoms with Crippen molar-refractivity contribution in [3.05, 3.63) is 24.2 Å². The molecular weight excluding hydrogens is 362 g/mol. The van der Waals surface area contributed by atoms with Gasteiger partial charge in [0.2, 0.25) is 15.9 Å². The second kappa shape index (κ2) is 9.15. The molecule has 26 heavy (non-hydrogen) atoms. The van der Waals surface area contributed by atoms with E-state index in [1.165, 1.54) is 22.9 Å². The standard InChI is InChI=1S/C16H25N3O6S/c1-12-9-19(10-13(2)25-12)26(22,23)8-6-17-15(20)3-5-18-16(21)14-4-7-24-11-14/h4,7,11-13H,3,5-6,8-10H2,1-2H3,(H,17,20)(H,18,21)/t12-,13+. The van der Waals surface area contributed by atoms with E-state index in [1.54, 1.807) is 0 Å². The molecule has 1 aromatic heterocycles. The van der Waals surface area contributed by atoms with E-state index in [0.29, 0.717) is 18.7 Å². The first-order valence-electron chi connectivity index (χ1n) is 8.48. The molecule has 1 aliphatic heterocycles. The zero-order valence-corrected chi connectivity index (χ0v) is 15.8. The highest BCUT2D eigenvalue weighted by atomic mass is 32.2. The largest absolute Gasteiger partial charge is 0.472 e. The molecule has 2 N–H and O–H groups in total. The Labute approximate surface area is 153 Å². The highest BCUT2D eigenvalue weighted by molar-refractivity contribution is 7.89. The fraction of sp³-hybridized carbons (Fsp3) is 0.625. The van der Waals surface area contributed by atoms with Crippen molar-refractivity contribution in [2.24, 2.45) is 0 Å². The van der Waals surface area contributed by atoms with Gasteiger partial charge in [-0.1, -0.05) is 0 Å². The topological polar surface area (TPSA) is 118 Å². The molecule has 0 saturated carbocycles. The van der Waals surface area contributed by atoms with Gasteiger partial charge in [-0.15, -0.1) is 0 Å². The number of amides is 2. The summed E-state index contributed by atoms with van der Waals surface area (Å²) in [5, 5.41) is 5.15. The second-order valence-electron chi connectivity index (χ2n) is 6.26. The molecule has 1 aliphatic rings. The molecule has 0 aromatic carbocycles. The number of carbonyl (C=O) groups is 2. The lowest BCUT2D eigenvalue weighted by Gasteiger charge is -2.34. The highest BCUT2D eigenvalue weighted by Crippen LogP contribution is 2.14. The van der Waals surface area contributed by atoms with Crippen molar-refractivity contribution in [2.45, 2.75) is 32.5 Å². The Hall–Kier alpha value is -1.91. The summed E-state index contributed by atoms with van der Waals surface area (Å²) >= 11 is 0. The molecule has 1 saturated heterocycles. The summed E-state index contributed by atoms with van der Waals surface area (Å²) in [7, 11) is -3.45. The van der Waals surface area contributed by atoms with Gasteiger partial charge in [0.15, 0.2) is 0 Å². The number of carbonyl (C=O) groups excluding carboxylic acids is 2. The Kier molecular flexibility index (Phi) is 7.18. The Bertz CT molecular complexity index is 694. The summed E-state index contributed by atoms with van der Waals surface area (Å²) in [4.78, 5) is 23.4. The Balaban J connectivity index is 1.66. The molecule has 0 unspecified atom stereocenters. The molecule has 0 aliphatic carbocycles. The van der Waals surface area contributed by atoms with E-state index in [0.717, 1.165) is 0 Å². The van der Waals surface area contributed by atoms with Crippen LogP contribution in [-0.4, -0.2) is 68.7 Å². The minimum atomic E-state index is -3.45. The van der Waals surface area contributed by atoms with E-state index in [2.05, 4.69) is 10.6 Å². The van der Waals surface area contributed by atoms with Crippen molar-refractivity contribution < 1.29 is 27.2 Å². The third-order valence-corrected chi connectivity index (χ3v) is 5.69. The fourth-order valence-electron chi connectivity index (χ4n) is 2.68. The van der Waals surface area contributed by atoms with Crippen LogP contribution in [0.1, 0.15) is 30.6 Å². The van der Waals surface area contributed by atoms with Gasteiger partial charge in [0.1, 0.15) is 6.26 Å². The first-order valence-corrected chi connectivity index (χ1v) is 10.1. The van der Waals surface area contributed by atoms with Crippen LogP contribution in [0.4, 0.5) is 0 Å². The van der Waals surface area contributed by atoms with Crippen LogP contribution in [0.15, 0.2) is 23.0 Å². The number of hydrogen-bond acceptors (Lipinski definition) is 6. The minimum Gasteiger partial charge on any atom is -0.472 e. The van der Waals surface area contributed by atoms with Crippen LogP contribution >= 0.6 is 0 Å². The van der Waals surface area contributed by atoms with Gasteiger partial charge in [-0.2, -0.15) is 4.31 Å². The maximum absolute atomic E-state index is 12.3. The number of hydrogen-bond donors (Lipinski definition) is 2. The number of nitrogens with one attached hydrogen (secondary N) is 2. The second-order valence-corrected chi connectivity index (χ2v) is 8.35. The number of furan rings is 1. The van der Waals surface area contributed by atoms with Crippen molar-refractivity contribution in [3.8, 4) is 0 Å². The van der Waals surface area contributed by atoms with Gasteiger partial charge < -0.3 is 19.8 Å². The van der Waals surface area contributed by atoms with Gasteiger partial charge in [0.05, 0.1) is 29.8 Å². The average Bonchev–Trinajstić information content (AvgIpc) is 3.08. The molecule has 146 valence electrons. The van der Waals surface area contributed by atoms with Crippen molar-refractivity contribution in [2.75, 3.05) is 31.9 Å². The van der Waals surface area contributed by atoms with Crippen LogP contribution in [0.2, 0.25) is 0 Å². The lowest BCUT2D eigenvalue weighted by atomic mass is 10.3. The van der Waals surface area contributed by atoms with E-state index >= 15 is 0 Å². The van der Waals surface area contributed by atoms with E-state index in [4.69, 9.17) is 9.15 Å². The normalized spacial score (nSPS) is 21.3. The zero-order valence-electron chi connectivity index (χ0n) is 14.9. The Morgan fingerprint density at radius 2 is 1.88 bits per heavy atom. The van der Waals surface area contributed by atoms with Crippen LogP contribution < -0.4 is 10.6 Å². The van der Waals surface area contributed by atoms with E-state index in [1.807, 2.05) is 13.8 Å². The van der Waals surface area contributed by atoms with E-state index in [9.17, 15) is 18.0 Å². The van der Waals surface area contributed by atoms with Crippen molar-refractivity contribution >= 4 is 21.8 Å². The first kappa shape index (κ1) is 20.4. The SMILES string of the molecule is C[C@@H]1CN(S(=O)(=O)CCNC(=O)CCNC(=O)c2ccoc2)C[C@H](C)O1. The molecule has 2 rings (SSSR count). The third kappa shape index (κ3) is 6.11. The van der Waals surface area contributed by atoms with Crippen LogP contribution in [0.5, 0.6) is 0 Å². The average molecular weight is 387 g/mol. The third-order valence-electron chi connectivity index (χ3n) is 3.88. The smallest absolute Gasteiger partial charge is 0.254 e. The molecule has 10 heteroatoms. The highest BCUT2D eigenvalue weighted by Gasteiger charge is 2.30. The van der Waals surface area contributed by atoms with Gasteiger partial charge in [-0.25, -0.2) is 8.42 Å². The number of rotatable bonds is 8. The first-order chi connectivity index (χ1) is 12.3. The van der Waals surface area contributed by atoms with E-state index in [-0.39, 0.29) is 49.3 Å². The molecule has 1 aromatic rings. The maximum atomic E-state index is 12.3. The number of sulfonamides is 1. The monoisotopic (exact) mass is 387 g/mol. The Morgan fingerprint density at radius 3 is 2.50 bits per heavy atom. The molecule has 0 radical (unpaired) electrons. The predicted octanol–water partition coefficient (Wildman–Crippen LogP) is -0.0453. The van der Waals surface area contributed by atoms with Crippen LogP contribution in [0.25, 0.3) is 0 Å². The molecule has 9 nitrogen and oxygen atoms in total. The molecule has 2 heterocycles. The van der Waals surface area contributed by atoms with Gasteiger partial charge in [-0.05, 0) is 19.9 Å². The molecule has 0 bridgehead atoms. The van der Waals surface area contributed by atoms with Crippen molar-refractivity contribution in [1.29, 1.82) is 0 Å². The van der Waals surface area contributed by atoms with Crippen molar-refractivity contribution in [1.82, 2.24) is 14.9 Å². The maximum Gasteiger partial charge on any atom is 0.254 e. The predicted molar refractivity (Wildman–Crippen MR) is 94.0 cm³/mol. The van der Waals surface area contributed by atoms with Crippen LogP contribution in [0, 0.1) is 0 Å².